The molecule has 1 heterocycles. The van der Waals surface area contributed by atoms with Crippen LogP contribution in [-0.2, 0) is 4.84 Å². The predicted molar refractivity (Wildman–Crippen MR) is 81.8 cm³/mol. The highest BCUT2D eigenvalue weighted by Crippen LogP contribution is 2.24. The molecule has 0 atom stereocenters. The molecule has 3 rings (SSSR count). The topological polar surface area (TPSA) is 107 Å². The number of fused-ring (bicyclic) bond motifs is 1. The summed E-state index contributed by atoms with van der Waals surface area (Å²) in [5.41, 5.74) is 2.96. The van der Waals surface area contributed by atoms with E-state index in [1.54, 1.807) is 12.1 Å². The van der Waals surface area contributed by atoms with Crippen molar-refractivity contribution in [1.29, 1.82) is 0 Å². The summed E-state index contributed by atoms with van der Waals surface area (Å²) in [5.74, 6) is -1.07. The Bertz CT molecular complexity index is 836. The van der Waals surface area contributed by atoms with E-state index in [-0.39, 0.29) is 5.17 Å². The number of benzene rings is 2. The third-order valence-electron chi connectivity index (χ3n) is 3.21. The van der Waals surface area contributed by atoms with E-state index in [2.05, 4.69) is 5.48 Å². The molecule has 0 saturated carbocycles. The van der Waals surface area contributed by atoms with Crippen LogP contribution >= 0.6 is 0 Å². The fourth-order valence-electron chi connectivity index (χ4n) is 2.14. The molecule has 2 aromatic carbocycles. The standard InChI is InChI=1S/C15H13N3O5/c19-13-8-9-14(20)17(13)18(22)15(21)23-16-12-7-3-5-10-4-1-2-6-11(10)12/h1-9,16,19-20,22H. The molecule has 0 unspecified atom stereocenters. The maximum Gasteiger partial charge on any atom is 0.478 e. The molecule has 8 nitrogen and oxygen atoms in total. The third kappa shape index (κ3) is 2.70. The van der Waals surface area contributed by atoms with E-state index < -0.39 is 17.9 Å². The molecular formula is C15H13N3O5. The summed E-state index contributed by atoms with van der Waals surface area (Å²) in [4.78, 5) is 16.6. The fourth-order valence-corrected chi connectivity index (χ4v) is 2.14. The van der Waals surface area contributed by atoms with Gasteiger partial charge in [0.1, 0.15) is 0 Å². The summed E-state index contributed by atoms with van der Waals surface area (Å²) in [5, 5.41) is 30.3. The summed E-state index contributed by atoms with van der Waals surface area (Å²) in [6.45, 7) is 0. The Morgan fingerprint density at radius 1 is 1.00 bits per heavy atom. The molecule has 8 heteroatoms. The van der Waals surface area contributed by atoms with Crippen LogP contribution in [0.2, 0.25) is 0 Å². The zero-order chi connectivity index (χ0) is 16.4. The minimum atomic E-state index is -1.25. The monoisotopic (exact) mass is 315 g/mol. The highest BCUT2D eigenvalue weighted by Gasteiger charge is 2.21. The number of rotatable bonds is 3. The lowest BCUT2D eigenvalue weighted by molar-refractivity contribution is 0.102. The van der Waals surface area contributed by atoms with Crippen molar-refractivity contribution in [3.05, 3.63) is 54.6 Å². The van der Waals surface area contributed by atoms with Gasteiger partial charge in [-0.15, -0.1) is 0 Å². The predicted octanol–water partition coefficient (Wildman–Crippen LogP) is 2.54. The number of aromatic nitrogens is 1. The summed E-state index contributed by atoms with van der Waals surface area (Å²) in [7, 11) is 0. The van der Waals surface area contributed by atoms with E-state index in [0.29, 0.717) is 10.4 Å². The van der Waals surface area contributed by atoms with Gasteiger partial charge in [0.05, 0.1) is 5.69 Å². The minimum Gasteiger partial charge on any atom is -0.493 e. The van der Waals surface area contributed by atoms with Crippen molar-refractivity contribution in [2.24, 2.45) is 0 Å². The van der Waals surface area contributed by atoms with Crippen molar-refractivity contribution in [2.75, 3.05) is 10.7 Å². The summed E-state index contributed by atoms with van der Waals surface area (Å²) >= 11 is 0. The number of aromatic hydroxyl groups is 2. The summed E-state index contributed by atoms with van der Waals surface area (Å²) in [6, 6.07) is 15.0. The average molecular weight is 315 g/mol. The number of nitrogens with zero attached hydrogens (tertiary/aromatic N) is 2. The van der Waals surface area contributed by atoms with Gasteiger partial charge in [-0.25, -0.2) is 10.3 Å². The Hall–Kier alpha value is -3.39. The van der Waals surface area contributed by atoms with Crippen molar-refractivity contribution in [3.63, 3.8) is 0 Å². The Kier molecular flexibility index (Phi) is 3.65. The second-order valence-corrected chi connectivity index (χ2v) is 4.65. The van der Waals surface area contributed by atoms with Gasteiger partial charge in [0, 0.05) is 17.5 Å². The van der Waals surface area contributed by atoms with Gasteiger partial charge in [0.15, 0.2) is 0 Å². The molecule has 0 radical (unpaired) electrons. The van der Waals surface area contributed by atoms with E-state index in [0.717, 1.165) is 22.9 Å². The zero-order valence-corrected chi connectivity index (χ0v) is 11.7. The van der Waals surface area contributed by atoms with Crippen LogP contribution < -0.4 is 10.7 Å². The summed E-state index contributed by atoms with van der Waals surface area (Å²) < 4.78 is 0.465. The molecule has 1 amide bonds. The lowest BCUT2D eigenvalue weighted by Crippen LogP contribution is -2.38. The zero-order valence-electron chi connectivity index (χ0n) is 11.7. The fraction of sp³-hybridized carbons (Fsp3) is 0. The minimum absolute atomic E-state index is 0.0667. The van der Waals surface area contributed by atoms with Crippen LogP contribution in [0.5, 0.6) is 11.8 Å². The molecular weight excluding hydrogens is 302 g/mol. The first kappa shape index (κ1) is 14.5. The van der Waals surface area contributed by atoms with Gasteiger partial charge in [-0.05, 0) is 11.5 Å². The molecule has 118 valence electrons. The number of amides is 1. The number of anilines is 1. The van der Waals surface area contributed by atoms with Crippen molar-refractivity contribution in [3.8, 4) is 11.8 Å². The quantitative estimate of drug-likeness (QED) is 0.437. The second-order valence-electron chi connectivity index (χ2n) is 4.65. The van der Waals surface area contributed by atoms with Gasteiger partial charge < -0.3 is 15.1 Å². The van der Waals surface area contributed by atoms with Crippen molar-refractivity contribution in [1.82, 2.24) is 4.68 Å². The number of carbonyl (C=O) groups is 1. The van der Waals surface area contributed by atoms with Crippen LogP contribution in [0.1, 0.15) is 0 Å². The van der Waals surface area contributed by atoms with Gasteiger partial charge in [0.25, 0.3) is 0 Å². The average Bonchev–Trinajstić information content (AvgIpc) is 2.90. The number of carbonyl (C=O) groups excluding carboxylic acids is 1. The first-order valence-electron chi connectivity index (χ1n) is 6.61. The third-order valence-corrected chi connectivity index (χ3v) is 3.21. The molecule has 4 N–H and O–H groups in total. The SMILES string of the molecule is O=C(ONc1cccc2ccccc12)N(O)n1c(O)ccc1O. The first-order chi connectivity index (χ1) is 11.1. The Balaban J connectivity index is 1.76. The van der Waals surface area contributed by atoms with E-state index in [4.69, 9.17) is 4.84 Å². The van der Waals surface area contributed by atoms with Crippen molar-refractivity contribution in [2.45, 2.75) is 0 Å². The molecule has 0 aliphatic rings. The number of hydrogen-bond acceptors (Lipinski definition) is 6. The van der Waals surface area contributed by atoms with Crippen LogP contribution in [0.4, 0.5) is 10.5 Å². The molecule has 3 aromatic rings. The van der Waals surface area contributed by atoms with Crippen molar-refractivity contribution >= 4 is 22.6 Å². The molecule has 1 aromatic heterocycles. The maximum absolute atomic E-state index is 11.8. The van der Waals surface area contributed by atoms with E-state index in [1.807, 2.05) is 30.3 Å². The molecule has 0 aliphatic carbocycles. The Labute approximate surface area is 130 Å². The van der Waals surface area contributed by atoms with Crippen LogP contribution in [0.15, 0.2) is 54.6 Å². The number of hydrogen-bond donors (Lipinski definition) is 4. The van der Waals surface area contributed by atoms with Gasteiger partial charge in [-0.1, -0.05) is 41.6 Å². The molecule has 23 heavy (non-hydrogen) atoms. The molecule has 0 spiro atoms. The molecule has 0 fully saturated rings. The highest BCUT2D eigenvalue weighted by atomic mass is 16.7. The number of hydroxylamine groups is 1. The first-order valence-corrected chi connectivity index (χ1v) is 6.61. The molecule has 0 saturated heterocycles. The summed E-state index contributed by atoms with van der Waals surface area (Å²) in [6.07, 6.45) is -1.25. The van der Waals surface area contributed by atoms with Crippen LogP contribution in [0, 0.1) is 0 Å². The van der Waals surface area contributed by atoms with Crippen LogP contribution in [0.3, 0.4) is 0 Å². The Morgan fingerprint density at radius 3 is 2.39 bits per heavy atom. The normalized spacial score (nSPS) is 10.5. The van der Waals surface area contributed by atoms with Gasteiger partial charge in [-0.2, -0.15) is 4.68 Å². The van der Waals surface area contributed by atoms with E-state index in [1.165, 1.54) is 0 Å². The number of nitrogens with one attached hydrogen (secondary N) is 1. The van der Waals surface area contributed by atoms with Crippen LogP contribution in [0.25, 0.3) is 10.8 Å². The van der Waals surface area contributed by atoms with E-state index in [9.17, 15) is 20.2 Å². The smallest absolute Gasteiger partial charge is 0.478 e. The lowest BCUT2D eigenvalue weighted by Gasteiger charge is -2.17. The largest absolute Gasteiger partial charge is 0.493 e. The van der Waals surface area contributed by atoms with Crippen molar-refractivity contribution < 1.29 is 25.1 Å². The Morgan fingerprint density at radius 2 is 1.65 bits per heavy atom. The van der Waals surface area contributed by atoms with E-state index >= 15 is 0 Å². The van der Waals surface area contributed by atoms with Gasteiger partial charge in [-0.3, -0.25) is 5.21 Å². The molecule has 0 aliphatic heterocycles. The van der Waals surface area contributed by atoms with Gasteiger partial charge >= 0.3 is 6.09 Å². The molecule has 0 bridgehead atoms. The second kappa shape index (κ2) is 5.78. The van der Waals surface area contributed by atoms with Gasteiger partial charge in [0.2, 0.25) is 11.8 Å². The van der Waals surface area contributed by atoms with Crippen LogP contribution in [-0.4, -0.2) is 26.2 Å². The maximum atomic E-state index is 11.8. The highest BCUT2D eigenvalue weighted by molar-refractivity contribution is 5.93. The lowest BCUT2D eigenvalue weighted by atomic mass is 10.1.